The van der Waals surface area contributed by atoms with Gasteiger partial charge in [0.1, 0.15) is 11.9 Å². The van der Waals surface area contributed by atoms with Gasteiger partial charge in [-0.1, -0.05) is 12.1 Å². The number of hydrogen-bond donors (Lipinski definition) is 4. The molecule has 2 aromatic carbocycles. The van der Waals surface area contributed by atoms with Crippen LogP contribution >= 0.6 is 0 Å². The number of carbonyl (C=O) groups excluding carboxylic acids is 3. The molecule has 3 amide bonds. The highest BCUT2D eigenvalue weighted by Crippen LogP contribution is 2.35. The number of hydrogen-bond acceptors (Lipinski definition) is 3. The molecule has 0 saturated heterocycles. The van der Waals surface area contributed by atoms with Crippen molar-refractivity contribution in [3.8, 4) is 0 Å². The third kappa shape index (κ3) is 3.54. The van der Waals surface area contributed by atoms with E-state index < -0.39 is 17.9 Å². The second kappa shape index (κ2) is 7.54. The van der Waals surface area contributed by atoms with Gasteiger partial charge in [0.2, 0.25) is 11.8 Å². The summed E-state index contributed by atoms with van der Waals surface area (Å²) in [4.78, 5) is 41.1. The summed E-state index contributed by atoms with van der Waals surface area (Å²) in [5, 5.41) is 9.16. The van der Waals surface area contributed by atoms with E-state index in [1.165, 1.54) is 12.1 Å². The van der Waals surface area contributed by atoms with E-state index in [0.29, 0.717) is 11.3 Å². The largest absolute Gasteiger partial charge is 0.356 e. The van der Waals surface area contributed by atoms with Crippen molar-refractivity contribution >= 4 is 34.3 Å². The topological polar surface area (TPSA) is 103 Å². The van der Waals surface area contributed by atoms with Crippen molar-refractivity contribution < 1.29 is 18.8 Å². The van der Waals surface area contributed by atoms with Crippen LogP contribution in [0.5, 0.6) is 0 Å². The number of aromatic nitrogens is 1. The highest BCUT2D eigenvalue weighted by Gasteiger charge is 2.31. The molecule has 1 aliphatic carbocycles. The van der Waals surface area contributed by atoms with Gasteiger partial charge in [-0.05, 0) is 55.2 Å². The van der Waals surface area contributed by atoms with Crippen molar-refractivity contribution in [2.75, 3.05) is 5.32 Å². The Morgan fingerprint density at radius 3 is 2.87 bits per heavy atom. The molecule has 2 atom stereocenters. The van der Waals surface area contributed by atoms with Crippen molar-refractivity contribution in [2.45, 2.75) is 37.8 Å². The first-order chi connectivity index (χ1) is 15.0. The van der Waals surface area contributed by atoms with Crippen LogP contribution in [0.3, 0.4) is 0 Å². The fourth-order valence-corrected chi connectivity index (χ4v) is 4.47. The number of nitrogens with one attached hydrogen (secondary N) is 4. The number of aromatic amines is 1. The van der Waals surface area contributed by atoms with Gasteiger partial charge in [-0.25, -0.2) is 4.39 Å². The minimum Gasteiger partial charge on any atom is -0.356 e. The van der Waals surface area contributed by atoms with E-state index in [1.807, 2.05) is 0 Å². The lowest BCUT2D eigenvalue weighted by atomic mass is 9.91. The summed E-state index contributed by atoms with van der Waals surface area (Å²) in [5.74, 6) is -1.46. The number of aryl methyl sites for hydroxylation is 1. The summed E-state index contributed by atoms with van der Waals surface area (Å²) in [6, 6.07) is 10.1. The summed E-state index contributed by atoms with van der Waals surface area (Å²) in [6.07, 6.45) is 2.23. The van der Waals surface area contributed by atoms with Crippen LogP contribution in [0.2, 0.25) is 0 Å². The summed E-state index contributed by atoms with van der Waals surface area (Å²) < 4.78 is 13.7. The van der Waals surface area contributed by atoms with E-state index in [4.69, 9.17) is 0 Å². The Balaban J connectivity index is 1.32. The molecule has 8 heteroatoms. The second-order valence-corrected chi connectivity index (χ2v) is 7.98. The van der Waals surface area contributed by atoms with Crippen molar-refractivity contribution in [1.82, 2.24) is 15.6 Å². The Bertz CT molecular complexity index is 1220. The minimum atomic E-state index is -0.972. The van der Waals surface area contributed by atoms with Crippen LogP contribution in [-0.4, -0.2) is 28.7 Å². The Morgan fingerprint density at radius 1 is 1.16 bits per heavy atom. The van der Waals surface area contributed by atoms with E-state index in [-0.39, 0.29) is 24.2 Å². The first-order valence-corrected chi connectivity index (χ1v) is 10.3. The van der Waals surface area contributed by atoms with E-state index in [9.17, 15) is 18.8 Å². The molecule has 0 spiro atoms. The molecule has 0 radical (unpaired) electrons. The Morgan fingerprint density at radius 2 is 2.00 bits per heavy atom. The summed E-state index contributed by atoms with van der Waals surface area (Å²) in [6.45, 7) is 0. The quantitative estimate of drug-likeness (QED) is 0.524. The number of rotatable bonds is 3. The van der Waals surface area contributed by atoms with Gasteiger partial charge in [0.05, 0.1) is 23.7 Å². The average Bonchev–Trinajstić information content (AvgIpc) is 3.07. The van der Waals surface area contributed by atoms with Crippen LogP contribution < -0.4 is 16.0 Å². The van der Waals surface area contributed by atoms with Crippen LogP contribution in [0, 0.1) is 5.82 Å². The predicted octanol–water partition coefficient (Wildman–Crippen LogP) is 2.94. The number of halogens is 1. The smallest absolute Gasteiger partial charge is 0.254 e. The number of H-pyrrole nitrogens is 1. The maximum absolute atomic E-state index is 13.7. The van der Waals surface area contributed by atoms with Crippen LogP contribution in [-0.2, 0) is 16.0 Å². The molecule has 0 fully saturated rings. The standard InChI is InChI=1S/C23H21FN4O3/c24-12-8-9-17-15(10-12)13-5-3-7-18(21(13)26-17)25-20(29)11-19-23(31)27-16-6-2-1-4-14(16)22(30)28-19/h1-2,4,6,8-10,18-19,26H,3,5,7,11H2,(H,25,29)(H,27,31)(H,28,30)/t18?,19-/m0/s1. The van der Waals surface area contributed by atoms with Crippen LogP contribution in [0.15, 0.2) is 42.5 Å². The number of benzene rings is 2. The van der Waals surface area contributed by atoms with Gasteiger partial charge in [-0.15, -0.1) is 0 Å². The van der Waals surface area contributed by atoms with Crippen molar-refractivity contribution in [3.63, 3.8) is 0 Å². The van der Waals surface area contributed by atoms with Crippen LogP contribution in [0.4, 0.5) is 10.1 Å². The zero-order valence-corrected chi connectivity index (χ0v) is 16.6. The molecule has 1 aliphatic heterocycles. The monoisotopic (exact) mass is 420 g/mol. The summed E-state index contributed by atoms with van der Waals surface area (Å²) in [5.41, 5.74) is 3.51. The normalized spacial score (nSPS) is 20.3. The fourth-order valence-electron chi connectivity index (χ4n) is 4.47. The molecule has 2 heterocycles. The van der Waals surface area contributed by atoms with E-state index >= 15 is 0 Å². The van der Waals surface area contributed by atoms with Crippen molar-refractivity contribution in [2.24, 2.45) is 0 Å². The predicted molar refractivity (Wildman–Crippen MR) is 113 cm³/mol. The first-order valence-electron chi connectivity index (χ1n) is 10.3. The third-order valence-electron chi connectivity index (χ3n) is 5.95. The van der Waals surface area contributed by atoms with E-state index in [1.54, 1.807) is 30.3 Å². The van der Waals surface area contributed by atoms with Gasteiger partial charge >= 0.3 is 0 Å². The van der Waals surface area contributed by atoms with Crippen LogP contribution in [0.25, 0.3) is 10.9 Å². The lowest BCUT2D eigenvalue weighted by molar-refractivity contribution is -0.126. The first kappa shape index (κ1) is 19.3. The molecular weight excluding hydrogens is 399 g/mol. The van der Waals surface area contributed by atoms with Crippen molar-refractivity contribution in [3.05, 3.63) is 65.1 Å². The molecule has 158 valence electrons. The van der Waals surface area contributed by atoms with Gasteiger partial charge in [-0.2, -0.15) is 0 Å². The second-order valence-electron chi connectivity index (χ2n) is 7.98. The molecule has 2 aliphatic rings. The highest BCUT2D eigenvalue weighted by atomic mass is 19.1. The SMILES string of the molecule is O=C(C[C@@H]1NC(=O)c2ccccc2NC1=O)NC1CCCc2c1[nH]c1ccc(F)cc21. The highest BCUT2D eigenvalue weighted by molar-refractivity contribution is 6.10. The van der Waals surface area contributed by atoms with Gasteiger partial charge in [-0.3, -0.25) is 14.4 Å². The molecule has 31 heavy (non-hydrogen) atoms. The lowest BCUT2D eigenvalue weighted by Gasteiger charge is -2.24. The molecule has 3 aromatic rings. The number of amides is 3. The lowest BCUT2D eigenvalue weighted by Crippen LogP contribution is -2.45. The Hall–Kier alpha value is -3.68. The zero-order valence-electron chi connectivity index (χ0n) is 16.6. The van der Waals surface area contributed by atoms with Gasteiger partial charge in [0.25, 0.3) is 5.91 Å². The van der Waals surface area contributed by atoms with Crippen LogP contribution in [0.1, 0.15) is 46.9 Å². The van der Waals surface area contributed by atoms with Gasteiger partial charge < -0.3 is 20.9 Å². The molecule has 0 saturated carbocycles. The number of carbonyl (C=O) groups is 3. The minimum absolute atomic E-state index is 0.174. The molecule has 4 N–H and O–H groups in total. The van der Waals surface area contributed by atoms with Gasteiger partial charge in [0.15, 0.2) is 0 Å². The average molecular weight is 420 g/mol. The zero-order chi connectivity index (χ0) is 21.5. The van der Waals surface area contributed by atoms with Crippen molar-refractivity contribution in [1.29, 1.82) is 0 Å². The molecule has 7 nitrogen and oxygen atoms in total. The molecule has 1 aromatic heterocycles. The Labute approximate surface area is 177 Å². The third-order valence-corrected chi connectivity index (χ3v) is 5.95. The summed E-state index contributed by atoms with van der Waals surface area (Å²) >= 11 is 0. The maximum Gasteiger partial charge on any atom is 0.254 e. The van der Waals surface area contributed by atoms with E-state index in [0.717, 1.165) is 41.4 Å². The number of anilines is 1. The maximum atomic E-state index is 13.7. The Kier molecular flexibility index (Phi) is 4.69. The van der Waals surface area contributed by atoms with E-state index in [2.05, 4.69) is 20.9 Å². The number of para-hydroxylation sites is 1. The number of fused-ring (bicyclic) bond motifs is 4. The molecule has 0 bridgehead atoms. The molecular formula is C23H21FN4O3. The van der Waals surface area contributed by atoms with Gasteiger partial charge in [0, 0.05) is 16.6 Å². The fraction of sp³-hybridized carbons (Fsp3) is 0.261. The molecule has 5 rings (SSSR count). The summed E-state index contributed by atoms with van der Waals surface area (Å²) in [7, 11) is 0. The molecule has 1 unspecified atom stereocenters.